The number of tetrazole rings is 1. The molecule has 1 aromatic heterocycles. The number of carbonyl (C=O) groups is 5. The van der Waals surface area contributed by atoms with Crippen molar-refractivity contribution < 1.29 is 33.4 Å². The number of aromatic nitrogens is 4. The van der Waals surface area contributed by atoms with Crippen molar-refractivity contribution in [3.63, 3.8) is 0 Å². The molecule has 2 unspecified atom stereocenters. The van der Waals surface area contributed by atoms with Gasteiger partial charge in [-0.2, -0.15) is 5.21 Å². The minimum atomic E-state index is -0.905. The lowest BCUT2D eigenvalue weighted by Crippen LogP contribution is -2.48. The average Bonchev–Trinajstić information content (AvgIpc) is 3.59. The van der Waals surface area contributed by atoms with Gasteiger partial charge in [-0.1, -0.05) is 30.3 Å². The highest BCUT2D eigenvalue weighted by molar-refractivity contribution is 5.98. The summed E-state index contributed by atoms with van der Waals surface area (Å²) < 4.78 is 10.9. The number of H-pyrrole nitrogens is 1. The zero-order chi connectivity index (χ0) is 45.1. The van der Waals surface area contributed by atoms with E-state index >= 15 is 0 Å². The minimum absolute atomic E-state index is 0.00259. The van der Waals surface area contributed by atoms with Gasteiger partial charge < -0.3 is 35.6 Å². The first-order valence-electron chi connectivity index (χ1n) is 21.8. The maximum atomic E-state index is 14.1. The number of carbonyl (C=O) groups excluding carboxylic acids is 5. The Morgan fingerprint density at radius 3 is 2.19 bits per heavy atom. The van der Waals surface area contributed by atoms with Crippen LogP contribution in [0, 0.1) is 30.6 Å². The molecule has 0 radical (unpaired) electrons. The van der Waals surface area contributed by atoms with Crippen molar-refractivity contribution in [2.45, 2.75) is 104 Å². The molecule has 5 N–H and O–H groups in total. The zero-order valence-corrected chi connectivity index (χ0v) is 37.1. The number of aryl methyl sites for hydroxylation is 1. The monoisotopic (exact) mass is 861 g/mol. The summed E-state index contributed by atoms with van der Waals surface area (Å²) in [7, 11) is 0. The van der Waals surface area contributed by atoms with E-state index in [9.17, 15) is 24.0 Å². The van der Waals surface area contributed by atoms with Gasteiger partial charge in [-0.05, 0) is 144 Å². The van der Waals surface area contributed by atoms with Crippen LogP contribution in [0.5, 0.6) is 0 Å². The molecule has 1 saturated heterocycles. The number of anilines is 1. The van der Waals surface area contributed by atoms with Crippen LogP contribution < -0.4 is 21.3 Å². The summed E-state index contributed by atoms with van der Waals surface area (Å²) in [5, 5.41) is 26.2. The molecule has 2 heterocycles. The predicted octanol–water partition coefficient (Wildman–Crippen LogP) is 6.43. The van der Waals surface area contributed by atoms with Gasteiger partial charge in [0.2, 0.25) is 17.6 Å². The van der Waals surface area contributed by atoms with E-state index in [-0.39, 0.29) is 59.9 Å². The maximum absolute atomic E-state index is 14.1. The van der Waals surface area contributed by atoms with Gasteiger partial charge in [0.05, 0.1) is 0 Å². The van der Waals surface area contributed by atoms with E-state index in [2.05, 4.69) is 41.9 Å². The van der Waals surface area contributed by atoms with E-state index in [0.29, 0.717) is 49.6 Å². The molecule has 3 aromatic carbocycles. The second kappa shape index (κ2) is 18.6. The Hall–Kier alpha value is -6.32. The third kappa shape index (κ3) is 11.8. The van der Waals surface area contributed by atoms with E-state index in [1.807, 2.05) is 84.9 Å². The molecule has 0 spiro atoms. The molecule has 63 heavy (non-hydrogen) atoms. The van der Waals surface area contributed by atoms with Gasteiger partial charge in [-0.25, -0.2) is 9.59 Å². The third-order valence-electron chi connectivity index (χ3n) is 11.9. The van der Waals surface area contributed by atoms with Crippen molar-refractivity contribution in [2.24, 2.45) is 23.7 Å². The fourth-order valence-electron chi connectivity index (χ4n) is 8.51. The highest BCUT2D eigenvalue weighted by Crippen LogP contribution is 2.46. The molecule has 2 saturated carbocycles. The summed E-state index contributed by atoms with van der Waals surface area (Å²) in [6.07, 6.45) is 2.20. The SMILES string of the molecule is Cc1ccc(C[C@H](NC(=O)C2CCC(CNC(=O)OC(C)(C)C)CC2)C(=O)Nc2ccc(-c3nn[nH]n3)cc2)cc1-c1cccc(C(=O)NC2C3CN(C(=O)OC(C)(C)C)CC32)c1. The molecule has 16 heteroatoms. The Bertz CT molecular complexity index is 2280. The number of amides is 5. The summed E-state index contributed by atoms with van der Waals surface area (Å²) in [6.45, 7) is 14.6. The number of hydrogen-bond acceptors (Lipinski definition) is 10. The maximum Gasteiger partial charge on any atom is 0.410 e. The van der Waals surface area contributed by atoms with E-state index in [1.54, 1.807) is 35.2 Å². The van der Waals surface area contributed by atoms with E-state index < -0.39 is 23.3 Å². The number of rotatable bonds is 12. The lowest BCUT2D eigenvalue weighted by Gasteiger charge is -2.29. The van der Waals surface area contributed by atoms with Crippen LogP contribution in [0.15, 0.2) is 66.7 Å². The molecule has 3 fully saturated rings. The third-order valence-corrected chi connectivity index (χ3v) is 11.9. The number of piperidine rings is 1. The summed E-state index contributed by atoms with van der Waals surface area (Å²) in [5.41, 5.74) is 4.20. The topological polar surface area (TPSA) is 210 Å². The first kappa shape index (κ1) is 44.7. The highest BCUT2D eigenvalue weighted by Gasteiger charge is 2.58. The number of nitrogens with one attached hydrogen (secondary N) is 5. The smallest absolute Gasteiger partial charge is 0.410 e. The fraction of sp³-hybridized carbons (Fsp3) is 0.489. The largest absolute Gasteiger partial charge is 0.444 e. The van der Waals surface area contributed by atoms with Crippen molar-refractivity contribution in [3.05, 3.63) is 83.4 Å². The van der Waals surface area contributed by atoms with Crippen LogP contribution in [0.4, 0.5) is 15.3 Å². The van der Waals surface area contributed by atoms with E-state index in [4.69, 9.17) is 9.47 Å². The second-order valence-electron chi connectivity index (χ2n) is 19.1. The standard InChI is InChI=1S/C47H59N9O7/c1-27-11-12-29(21-35(27)32-9-8-10-33(23-32)42(58)51-39-36-25-56(26-37(36)39)45(61)63-47(5,6)7)22-38(43(59)49-34-19-17-30(18-20-34)40-52-54-55-53-40)50-41(57)31-15-13-28(14-16-31)24-48-44(60)62-46(2,3)4/h8-12,17-21,23,28,31,36-39H,13-16,22,24-26H2,1-7H3,(H,48,60)(H,49,59)(H,50,57)(H,51,58)(H,52,53,54,55)/t28?,31?,36?,37?,38-,39?/m0/s1. The zero-order valence-electron chi connectivity index (χ0n) is 37.1. The quantitative estimate of drug-likeness (QED) is 0.105. The van der Waals surface area contributed by atoms with Gasteiger partial charge >= 0.3 is 12.2 Å². The molecule has 16 nitrogen and oxygen atoms in total. The van der Waals surface area contributed by atoms with Crippen LogP contribution >= 0.6 is 0 Å². The van der Waals surface area contributed by atoms with Crippen molar-refractivity contribution >= 4 is 35.6 Å². The van der Waals surface area contributed by atoms with Crippen molar-refractivity contribution in [3.8, 4) is 22.5 Å². The highest BCUT2D eigenvalue weighted by atomic mass is 16.6. The Labute approximate surface area is 368 Å². The lowest BCUT2D eigenvalue weighted by molar-refractivity contribution is -0.130. The van der Waals surface area contributed by atoms with Crippen LogP contribution in [0.1, 0.15) is 88.7 Å². The van der Waals surface area contributed by atoms with Crippen LogP contribution in [0.25, 0.3) is 22.5 Å². The Morgan fingerprint density at radius 1 is 0.841 bits per heavy atom. The molecule has 4 aromatic rings. The molecule has 2 aliphatic carbocycles. The van der Waals surface area contributed by atoms with Crippen molar-refractivity contribution in [1.82, 2.24) is 41.5 Å². The number of aromatic amines is 1. The van der Waals surface area contributed by atoms with Gasteiger partial charge in [-0.3, -0.25) is 14.4 Å². The Kier molecular flexibility index (Phi) is 13.2. The fourth-order valence-corrected chi connectivity index (χ4v) is 8.51. The summed E-state index contributed by atoms with van der Waals surface area (Å²) in [5.74, 6) is 0.0305. The van der Waals surface area contributed by atoms with E-state index in [1.165, 1.54) is 0 Å². The van der Waals surface area contributed by atoms with Crippen LogP contribution in [-0.2, 0) is 25.5 Å². The summed E-state index contributed by atoms with van der Waals surface area (Å²) in [4.78, 5) is 68.0. The molecular weight excluding hydrogens is 803 g/mol. The van der Waals surface area contributed by atoms with Gasteiger partial charge in [0.15, 0.2) is 0 Å². The first-order valence-corrected chi connectivity index (χ1v) is 21.8. The molecule has 3 aliphatic rings. The molecule has 7 rings (SSSR count). The van der Waals surface area contributed by atoms with E-state index in [0.717, 1.165) is 40.7 Å². The minimum Gasteiger partial charge on any atom is -0.444 e. The number of fused-ring (bicyclic) bond motifs is 1. The predicted molar refractivity (Wildman–Crippen MR) is 236 cm³/mol. The normalized spacial score (nSPS) is 21.1. The number of hydrogen-bond donors (Lipinski definition) is 5. The molecular formula is C47H59N9O7. The molecule has 3 atom stereocenters. The number of ether oxygens (including phenoxy) is 2. The lowest BCUT2D eigenvalue weighted by atomic mass is 9.81. The van der Waals surface area contributed by atoms with Gasteiger partial charge in [-0.15, -0.1) is 10.2 Å². The number of nitrogens with zero attached hydrogens (tertiary/aromatic N) is 4. The van der Waals surface area contributed by atoms with Crippen LogP contribution in [-0.4, -0.2) is 98.4 Å². The Morgan fingerprint density at radius 2 is 1.54 bits per heavy atom. The van der Waals surface area contributed by atoms with Crippen molar-refractivity contribution in [2.75, 3.05) is 25.0 Å². The van der Waals surface area contributed by atoms with Gasteiger partial charge in [0.25, 0.3) is 5.91 Å². The van der Waals surface area contributed by atoms with Gasteiger partial charge in [0, 0.05) is 66.7 Å². The Balaban J connectivity index is 1.01. The molecule has 334 valence electrons. The van der Waals surface area contributed by atoms with Gasteiger partial charge in [0.1, 0.15) is 17.2 Å². The number of likely N-dealkylation sites (tertiary alicyclic amines) is 1. The van der Waals surface area contributed by atoms with Crippen molar-refractivity contribution in [1.29, 1.82) is 0 Å². The first-order chi connectivity index (χ1) is 29.9. The average molecular weight is 862 g/mol. The molecule has 0 bridgehead atoms. The summed E-state index contributed by atoms with van der Waals surface area (Å²) in [6, 6.07) is 19.6. The number of benzene rings is 3. The van der Waals surface area contributed by atoms with Crippen LogP contribution in [0.2, 0.25) is 0 Å². The molecule has 1 aliphatic heterocycles. The number of alkyl carbamates (subject to hydrolysis) is 1. The van der Waals surface area contributed by atoms with Crippen LogP contribution in [0.3, 0.4) is 0 Å². The second-order valence-corrected chi connectivity index (χ2v) is 19.1. The molecule has 5 amide bonds. The summed E-state index contributed by atoms with van der Waals surface area (Å²) >= 11 is 0.